The molecule has 0 unspecified atom stereocenters. The molecule has 100 valence electrons. The van der Waals surface area contributed by atoms with Gasteiger partial charge in [-0.25, -0.2) is 0 Å². The van der Waals surface area contributed by atoms with Crippen LogP contribution in [0.25, 0.3) is 0 Å². The molecule has 0 aliphatic heterocycles. The van der Waals surface area contributed by atoms with Gasteiger partial charge in [-0.15, -0.1) is 11.6 Å². The van der Waals surface area contributed by atoms with Crippen LogP contribution in [0.3, 0.4) is 0 Å². The second kappa shape index (κ2) is 6.95. The molecule has 0 saturated carbocycles. The van der Waals surface area contributed by atoms with Gasteiger partial charge in [0.25, 0.3) is 0 Å². The van der Waals surface area contributed by atoms with E-state index < -0.39 is 0 Å². The van der Waals surface area contributed by atoms with E-state index in [1.807, 2.05) is 12.1 Å². The van der Waals surface area contributed by atoms with Gasteiger partial charge in [-0.2, -0.15) is 4.98 Å². The average Bonchev–Trinajstić information content (AvgIpc) is 2.46. The van der Waals surface area contributed by atoms with Crippen LogP contribution in [-0.2, 0) is 6.42 Å². The Labute approximate surface area is 117 Å². The Kier molecular flexibility index (Phi) is 4.98. The lowest BCUT2D eigenvalue weighted by atomic mass is 10.1. The summed E-state index contributed by atoms with van der Waals surface area (Å²) in [6, 6.07) is 8.19. The highest BCUT2D eigenvalue weighted by atomic mass is 35.5. The van der Waals surface area contributed by atoms with Crippen molar-refractivity contribution < 1.29 is 4.74 Å². The molecule has 1 heterocycles. The fraction of sp³-hybridized carbons (Fsp3) is 0.286. The Bertz CT molecular complexity index is 534. The maximum absolute atomic E-state index is 5.71. The van der Waals surface area contributed by atoms with E-state index in [1.165, 1.54) is 5.56 Å². The Hall–Kier alpha value is -1.81. The molecule has 1 N–H and O–H groups in total. The highest BCUT2D eigenvalue weighted by Crippen LogP contribution is 2.18. The summed E-state index contributed by atoms with van der Waals surface area (Å²) in [5.74, 6) is 1.83. The smallest absolute Gasteiger partial charge is 0.233 e. The van der Waals surface area contributed by atoms with Crippen molar-refractivity contribution in [3.05, 3.63) is 42.2 Å². The third-order valence-corrected chi connectivity index (χ3v) is 2.89. The monoisotopic (exact) mass is 277 g/mol. The molecule has 1 aromatic carbocycles. The van der Waals surface area contributed by atoms with Gasteiger partial charge in [-0.1, -0.05) is 12.1 Å². The summed E-state index contributed by atoms with van der Waals surface area (Å²) in [7, 11) is 1.57. The summed E-state index contributed by atoms with van der Waals surface area (Å²) in [6.07, 6.45) is 5.18. The van der Waals surface area contributed by atoms with Gasteiger partial charge in [0.2, 0.25) is 5.88 Å². The van der Waals surface area contributed by atoms with Gasteiger partial charge in [0.05, 0.1) is 19.5 Å². The Morgan fingerprint density at radius 3 is 3.00 bits per heavy atom. The first-order valence-electron chi connectivity index (χ1n) is 6.10. The van der Waals surface area contributed by atoms with E-state index in [0.717, 1.165) is 18.5 Å². The van der Waals surface area contributed by atoms with E-state index in [0.29, 0.717) is 17.6 Å². The summed E-state index contributed by atoms with van der Waals surface area (Å²) in [4.78, 5) is 8.32. The average molecular weight is 278 g/mol. The van der Waals surface area contributed by atoms with Crippen molar-refractivity contribution in [2.24, 2.45) is 0 Å². The number of rotatable bonds is 6. The minimum atomic E-state index is 0.489. The molecular weight excluding hydrogens is 262 g/mol. The van der Waals surface area contributed by atoms with E-state index >= 15 is 0 Å². The highest BCUT2D eigenvalue weighted by Gasteiger charge is 2.00. The number of ether oxygens (including phenoxy) is 1. The van der Waals surface area contributed by atoms with Crippen LogP contribution in [0.4, 0.5) is 11.5 Å². The van der Waals surface area contributed by atoms with Crippen molar-refractivity contribution in [1.82, 2.24) is 9.97 Å². The lowest BCUT2D eigenvalue weighted by molar-refractivity contribution is 0.396. The van der Waals surface area contributed by atoms with Gasteiger partial charge < -0.3 is 10.1 Å². The summed E-state index contributed by atoms with van der Waals surface area (Å²) in [5, 5.41) is 3.21. The van der Waals surface area contributed by atoms with Crippen LogP contribution in [-0.4, -0.2) is 23.0 Å². The SMILES string of the molecule is COc1cncc(Nc2cccc(CCCCl)c2)n1. The quantitative estimate of drug-likeness (QED) is 0.822. The molecule has 0 fully saturated rings. The Balaban J connectivity index is 2.09. The maximum atomic E-state index is 5.71. The molecule has 0 spiro atoms. The largest absolute Gasteiger partial charge is 0.480 e. The number of halogens is 1. The number of aryl methyl sites for hydroxylation is 1. The molecule has 1 aromatic heterocycles. The second-order valence-corrected chi connectivity index (χ2v) is 4.44. The molecule has 19 heavy (non-hydrogen) atoms. The van der Waals surface area contributed by atoms with Crippen LogP contribution in [0.2, 0.25) is 0 Å². The number of benzene rings is 1. The number of aromatic nitrogens is 2. The first kappa shape index (κ1) is 13.6. The van der Waals surface area contributed by atoms with Crippen LogP contribution >= 0.6 is 11.6 Å². The van der Waals surface area contributed by atoms with E-state index in [4.69, 9.17) is 16.3 Å². The number of nitrogens with zero attached hydrogens (tertiary/aromatic N) is 2. The van der Waals surface area contributed by atoms with E-state index in [9.17, 15) is 0 Å². The minimum absolute atomic E-state index is 0.489. The van der Waals surface area contributed by atoms with Gasteiger partial charge in [0.1, 0.15) is 0 Å². The molecular formula is C14H16ClN3O. The fourth-order valence-electron chi connectivity index (χ4n) is 1.73. The third-order valence-electron chi connectivity index (χ3n) is 2.62. The summed E-state index contributed by atoms with van der Waals surface area (Å²) in [6.45, 7) is 0. The van der Waals surface area contributed by atoms with Crippen LogP contribution in [0.1, 0.15) is 12.0 Å². The van der Waals surface area contributed by atoms with Crippen molar-refractivity contribution in [3.8, 4) is 5.88 Å². The first-order chi connectivity index (χ1) is 9.31. The van der Waals surface area contributed by atoms with Gasteiger partial charge in [0, 0.05) is 11.6 Å². The molecule has 2 rings (SSSR count). The molecule has 0 radical (unpaired) electrons. The number of methoxy groups -OCH3 is 1. The van der Waals surface area contributed by atoms with E-state index in [2.05, 4.69) is 27.4 Å². The van der Waals surface area contributed by atoms with Crippen LogP contribution in [0.5, 0.6) is 5.88 Å². The van der Waals surface area contributed by atoms with Crippen molar-refractivity contribution in [3.63, 3.8) is 0 Å². The van der Waals surface area contributed by atoms with E-state index in [1.54, 1.807) is 19.5 Å². The van der Waals surface area contributed by atoms with Crippen LogP contribution in [0, 0.1) is 0 Å². The molecule has 5 heteroatoms. The zero-order valence-corrected chi connectivity index (χ0v) is 11.5. The third kappa shape index (κ3) is 4.10. The summed E-state index contributed by atoms with van der Waals surface area (Å²) in [5.41, 5.74) is 2.23. The first-order valence-corrected chi connectivity index (χ1v) is 6.63. The van der Waals surface area contributed by atoms with Gasteiger partial charge in [-0.05, 0) is 30.5 Å². The number of hydrogen-bond donors (Lipinski definition) is 1. The second-order valence-electron chi connectivity index (χ2n) is 4.06. The van der Waals surface area contributed by atoms with Crippen molar-refractivity contribution >= 4 is 23.1 Å². The molecule has 2 aromatic rings. The number of hydrogen-bond acceptors (Lipinski definition) is 4. The predicted octanol–water partition coefficient (Wildman–Crippen LogP) is 3.40. The Morgan fingerprint density at radius 1 is 1.32 bits per heavy atom. The molecule has 0 amide bonds. The standard InChI is InChI=1S/C14H16ClN3O/c1-19-14-10-16-9-13(18-14)17-12-6-2-4-11(8-12)5-3-7-15/h2,4,6,8-10H,3,5,7H2,1H3,(H,17,18). The minimum Gasteiger partial charge on any atom is -0.480 e. The lowest BCUT2D eigenvalue weighted by Crippen LogP contribution is -1.97. The molecule has 0 aliphatic carbocycles. The number of anilines is 2. The van der Waals surface area contributed by atoms with Crippen molar-refractivity contribution in [1.29, 1.82) is 0 Å². The zero-order chi connectivity index (χ0) is 13.5. The Morgan fingerprint density at radius 2 is 2.21 bits per heavy atom. The molecule has 0 saturated heterocycles. The fourth-order valence-corrected chi connectivity index (χ4v) is 1.86. The normalized spacial score (nSPS) is 10.2. The van der Waals surface area contributed by atoms with Crippen molar-refractivity contribution in [2.75, 3.05) is 18.3 Å². The number of nitrogens with one attached hydrogen (secondary N) is 1. The van der Waals surface area contributed by atoms with Gasteiger partial charge in [-0.3, -0.25) is 4.98 Å². The molecule has 4 nitrogen and oxygen atoms in total. The van der Waals surface area contributed by atoms with E-state index in [-0.39, 0.29) is 0 Å². The number of alkyl halides is 1. The van der Waals surface area contributed by atoms with Crippen molar-refractivity contribution in [2.45, 2.75) is 12.8 Å². The molecule has 0 atom stereocenters. The lowest BCUT2D eigenvalue weighted by Gasteiger charge is -2.08. The summed E-state index contributed by atoms with van der Waals surface area (Å²) < 4.78 is 5.04. The zero-order valence-electron chi connectivity index (χ0n) is 10.8. The molecule has 0 aliphatic rings. The predicted molar refractivity (Wildman–Crippen MR) is 77.3 cm³/mol. The molecule has 0 bridgehead atoms. The topological polar surface area (TPSA) is 47.0 Å². The maximum Gasteiger partial charge on any atom is 0.233 e. The van der Waals surface area contributed by atoms with Gasteiger partial charge >= 0.3 is 0 Å². The van der Waals surface area contributed by atoms with Gasteiger partial charge in [0.15, 0.2) is 5.82 Å². The highest BCUT2D eigenvalue weighted by molar-refractivity contribution is 6.17. The van der Waals surface area contributed by atoms with Crippen LogP contribution in [0.15, 0.2) is 36.7 Å². The summed E-state index contributed by atoms with van der Waals surface area (Å²) >= 11 is 5.71. The van der Waals surface area contributed by atoms with Crippen LogP contribution < -0.4 is 10.1 Å².